The van der Waals surface area contributed by atoms with Gasteiger partial charge in [0.15, 0.2) is 5.82 Å². The van der Waals surface area contributed by atoms with E-state index >= 15 is 0 Å². The average molecular weight is 373 g/mol. The zero-order valence-electron chi connectivity index (χ0n) is 13.5. The predicted molar refractivity (Wildman–Crippen MR) is 94.6 cm³/mol. The summed E-state index contributed by atoms with van der Waals surface area (Å²) in [4.78, 5) is 13.2. The number of hydrogen-bond donors (Lipinski definition) is 0. The summed E-state index contributed by atoms with van der Waals surface area (Å²) in [6.07, 6.45) is 0. The lowest BCUT2D eigenvalue weighted by Crippen LogP contribution is -1.97. The lowest BCUT2D eigenvalue weighted by atomic mass is 10.2. The number of hydrogen-bond acceptors (Lipinski definition) is 7. The van der Waals surface area contributed by atoms with Gasteiger partial charge >= 0.3 is 0 Å². The van der Waals surface area contributed by atoms with Crippen LogP contribution in [0.3, 0.4) is 0 Å². The van der Waals surface area contributed by atoms with Crippen LogP contribution in [0.4, 0.5) is 0 Å². The Labute approximate surface area is 152 Å². The zero-order chi connectivity index (χ0) is 17.4. The summed E-state index contributed by atoms with van der Waals surface area (Å²) in [6.45, 7) is 3.91. The molecule has 0 aliphatic rings. The Bertz CT molecular complexity index is 1040. The summed E-state index contributed by atoms with van der Waals surface area (Å²) in [6, 6.07) is 9.22. The molecule has 126 valence electrons. The highest BCUT2D eigenvalue weighted by Crippen LogP contribution is 2.23. The molecule has 0 atom stereocenters. The number of fused-ring (bicyclic) bond motifs is 1. The fraction of sp³-hybridized carbons (Fsp3) is 0.188. The van der Waals surface area contributed by atoms with Gasteiger partial charge in [0, 0.05) is 22.0 Å². The molecule has 0 aliphatic carbocycles. The minimum absolute atomic E-state index is 0.461. The van der Waals surface area contributed by atoms with Gasteiger partial charge in [0.05, 0.1) is 5.75 Å². The Morgan fingerprint density at radius 3 is 2.72 bits per heavy atom. The Morgan fingerprint density at radius 2 is 1.92 bits per heavy atom. The first-order chi connectivity index (χ1) is 12.1. The van der Waals surface area contributed by atoms with E-state index in [1.807, 2.05) is 32.0 Å². The first-order valence-electron chi connectivity index (χ1n) is 7.51. The van der Waals surface area contributed by atoms with E-state index in [-0.39, 0.29) is 0 Å². The van der Waals surface area contributed by atoms with E-state index in [1.165, 1.54) is 11.8 Å². The van der Waals surface area contributed by atoms with E-state index in [1.54, 1.807) is 16.6 Å². The van der Waals surface area contributed by atoms with Gasteiger partial charge in [-0.15, -0.1) is 5.10 Å². The molecule has 0 unspecified atom stereocenters. The van der Waals surface area contributed by atoms with E-state index in [2.05, 4.69) is 25.2 Å². The minimum Gasteiger partial charge on any atom is -0.334 e. The summed E-state index contributed by atoms with van der Waals surface area (Å²) < 4.78 is 7.02. The van der Waals surface area contributed by atoms with Crippen molar-refractivity contribution in [3.63, 3.8) is 0 Å². The van der Waals surface area contributed by atoms with Crippen molar-refractivity contribution in [1.29, 1.82) is 0 Å². The van der Waals surface area contributed by atoms with E-state index in [4.69, 9.17) is 16.1 Å². The number of thioether (sulfide) groups is 1. The monoisotopic (exact) mass is 372 g/mol. The number of benzene rings is 1. The molecule has 0 bridgehead atoms. The van der Waals surface area contributed by atoms with E-state index in [0.717, 1.165) is 17.0 Å². The van der Waals surface area contributed by atoms with Crippen molar-refractivity contribution < 1.29 is 4.52 Å². The Balaban J connectivity index is 1.50. The van der Waals surface area contributed by atoms with E-state index in [0.29, 0.717) is 33.4 Å². The second-order valence-electron chi connectivity index (χ2n) is 5.46. The van der Waals surface area contributed by atoms with Gasteiger partial charge in [0.25, 0.3) is 11.7 Å². The van der Waals surface area contributed by atoms with Crippen LogP contribution in [0.2, 0.25) is 5.02 Å². The molecule has 3 aromatic heterocycles. The molecule has 0 saturated carbocycles. The summed E-state index contributed by atoms with van der Waals surface area (Å²) in [5.41, 5.74) is 2.74. The van der Waals surface area contributed by atoms with Gasteiger partial charge in [0.2, 0.25) is 5.16 Å². The molecule has 9 heteroatoms. The van der Waals surface area contributed by atoms with E-state index < -0.39 is 0 Å². The van der Waals surface area contributed by atoms with Crippen molar-refractivity contribution in [2.24, 2.45) is 0 Å². The van der Waals surface area contributed by atoms with E-state index in [9.17, 15) is 0 Å². The summed E-state index contributed by atoms with van der Waals surface area (Å²) in [5, 5.41) is 9.73. The molecule has 3 heterocycles. The summed E-state index contributed by atoms with van der Waals surface area (Å²) in [7, 11) is 0. The molecule has 0 amide bonds. The normalized spacial score (nSPS) is 11.3. The zero-order valence-corrected chi connectivity index (χ0v) is 15.0. The molecule has 0 fully saturated rings. The Morgan fingerprint density at radius 1 is 1.12 bits per heavy atom. The lowest BCUT2D eigenvalue weighted by Gasteiger charge is -1.97. The van der Waals surface area contributed by atoms with Crippen LogP contribution in [0.5, 0.6) is 0 Å². The molecule has 0 spiro atoms. The standard InChI is InChI=1S/C16H13ClN6OS/c1-9-7-10(2)23-15(18-9)20-16(21-23)25-8-13-19-14(24-22-13)11-3-5-12(17)6-4-11/h3-7H,8H2,1-2H3. The van der Waals surface area contributed by atoms with Gasteiger partial charge < -0.3 is 4.52 Å². The number of rotatable bonds is 4. The Hall–Kier alpha value is -2.45. The second-order valence-corrected chi connectivity index (χ2v) is 6.84. The molecule has 25 heavy (non-hydrogen) atoms. The second kappa shape index (κ2) is 6.45. The largest absolute Gasteiger partial charge is 0.334 e. The smallest absolute Gasteiger partial charge is 0.257 e. The topological polar surface area (TPSA) is 82.0 Å². The van der Waals surface area contributed by atoms with Gasteiger partial charge in [-0.2, -0.15) is 9.97 Å². The number of aromatic nitrogens is 6. The lowest BCUT2D eigenvalue weighted by molar-refractivity contribution is 0.425. The van der Waals surface area contributed by atoms with Crippen LogP contribution in [-0.2, 0) is 5.75 Å². The van der Waals surface area contributed by atoms with Crippen LogP contribution in [0.15, 0.2) is 40.0 Å². The van der Waals surface area contributed by atoms with Crippen LogP contribution in [0.1, 0.15) is 17.2 Å². The van der Waals surface area contributed by atoms with Gasteiger partial charge in [-0.05, 0) is 44.2 Å². The molecule has 0 saturated heterocycles. The molecule has 1 aromatic carbocycles. The molecule has 4 aromatic rings. The third-order valence-corrected chi connectivity index (χ3v) is 4.57. The highest BCUT2D eigenvalue weighted by atomic mass is 35.5. The quantitative estimate of drug-likeness (QED) is 0.504. The summed E-state index contributed by atoms with van der Waals surface area (Å²) >= 11 is 7.32. The maximum atomic E-state index is 5.89. The first-order valence-corrected chi connectivity index (χ1v) is 8.87. The number of halogens is 1. The van der Waals surface area contributed by atoms with Crippen LogP contribution >= 0.6 is 23.4 Å². The number of aryl methyl sites for hydroxylation is 2. The maximum absolute atomic E-state index is 5.89. The third kappa shape index (κ3) is 3.35. The SMILES string of the molecule is Cc1cc(C)n2nc(SCc3noc(-c4ccc(Cl)cc4)n3)nc2n1. The fourth-order valence-electron chi connectivity index (χ4n) is 2.36. The molecule has 4 rings (SSSR count). The molecule has 0 N–H and O–H groups in total. The Kier molecular flexibility index (Phi) is 4.14. The molecule has 7 nitrogen and oxygen atoms in total. The maximum Gasteiger partial charge on any atom is 0.257 e. The van der Waals surface area contributed by atoms with Crippen molar-refractivity contribution in [2.75, 3.05) is 0 Å². The highest BCUT2D eigenvalue weighted by Gasteiger charge is 2.12. The van der Waals surface area contributed by atoms with Crippen LogP contribution in [-0.4, -0.2) is 29.7 Å². The fourth-order valence-corrected chi connectivity index (χ4v) is 3.15. The summed E-state index contributed by atoms with van der Waals surface area (Å²) in [5.74, 6) is 2.14. The van der Waals surface area contributed by atoms with Crippen molar-refractivity contribution in [3.05, 3.63) is 52.6 Å². The van der Waals surface area contributed by atoms with Crippen molar-refractivity contribution >= 4 is 29.1 Å². The molecular formula is C16H13ClN6OS. The van der Waals surface area contributed by atoms with Crippen molar-refractivity contribution in [2.45, 2.75) is 24.8 Å². The van der Waals surface area contributed by atoms with Gasteiger partial charge in [-0.3, -0.25) is 0 Å². The number of nitrogens with zero attached hydrogens (tertiary/aromatic N) is 6. The van der Waals surface area contributed by atoms with Crippen LogP contribution in [0, 0.1) is 13.8 Å². The van der Waals surface area contributed by atoms with Crippen LogP contribution < -0.4 is 0 Å². The average Bonchev–Trinajstić information content (AvgIpc) is 3.20. The van der Waals surface area contributed by atoms with Gasteiger partial charge in [-0.25, -0.2) is 9.50 Å². The molecule has 0 radical (unpaired) electrons. The minimum atomic E-state index is 0.461. The van der Waals surface area contributed by atoms with Crippen molar-refractivity contribution in [3.8, 4) is 11.5 Å². The van der Waals surface area contributed by atoms with Gasteiger partial charge in [0.1, 0.15) is 0 Å². The predicted octanol–water partition coefficient (Wildman–Crippen LogP) is 3.74. The van der Waals surface area contributed by atoms with Crippen molar-refractivity contribution in [1.82, 2.24) is 29.7 Å². The van der Waals surface area contributed by atoms with Gasteiger partial charge in [-0.1, -0.05) is 28.5 Å². The van der Waals surface area contributed by atoms with Crippen LogP contribution in [0.25, 0.3) is 17.2 Å². The molecular weight excluding hydrogens is 360 g/mol. The first kappa shape index (κ1) is 16.0. The molecule has 0 aliphatic heterocycles. The highest BCUT2D eigenvalue weighted by molar-refractivity contribution is 7.98. The third-order valence-electron chi connectivity index (χ3n) is 3.49.